The Labute approximate surface area is 430 Å². The second-order valence-corrected chi connectivity index (χ2v) is 22.4. The van der Waals surface area contributed by atoms with Crippen LogP contribution in [0.1, 0.15) is 341 Å². The molecule has 1 rings (SSSR count). The zero-order chi connectivity index (χ0) is 49.7. The fourth-order valence-electron chi connectivity index (χ4n) is 10.4. The van der Waals surface area contributed by atoms with E-state index in [1.807, 2.05) is 0 Å². The van der Waals surface area contributed by atoms with Gasteiger partial charge in [-0.25, -0.2) is 0 Å². The van der Waals surface area contributed by atoms with Gasteiger partial charge in [0.1, 0.15) is 13.2 Å². The van der Waals surface area contributed by atoms with Gasteiger partial charge < -0.3 is 19.7 Å². The molecule has 1 unspecified atom stereocenters. The number of esters is 2. The first-order valence-electron chi connectivity index (χ1n) is 31.3. The molecule has 6 nitrogen and oxygen atoms in total. The summed E-state index contributed by atoms with van der Waals surface area (Å²) in [6, 6.07) is 0. The van der Waals surface area contributed by atoms with Crippen LogP contribution in [0.3, 0.4) is 0 Å². The first-order valence-corrected chi connectivity index (χ1v) is 31.3. The number of allylic oxidation sites excluding steroid dienone is 2. The van der Waals surface area contributed by atoms with Crippen molar-refractivity contribution in [2.75, 3.05) is 26.4 Å². The maximum atomic E-state index is 12.5. The number of carbonyl (C=O) groups excluding carboxylic acids is 2. The number of rotatable bonds is 54. The third-order valence-corrected chi connectivity index (χ3v) is 15.5. The van der Waals surface area contributed by atoms with E-state index in [1.165, 1.54) is 295 Å². The SMILES string of the molecule is CCCCCCCCCCCCCCCCCCCCCCCCCCCCCCCCCCCCCCCCCCCCCCCC/C=C/CCCCC1CC(=O)OCC(CO)(CO)COC1=O. The van der Waals surface area contributed by atoms with E-state index >= 15 is 0 Å². The van der Waals surface area contributed by atoms with Gasteiger partial charge in [0.15, 0.2) is 0 Å². The molecule has 0 aromatic heterocycles. The standard InChI is InChI=1S/C63H120O6/c1-2-3-4-5-6-7-8-9-10-11-12-13-14-15-16-17-18-19-20-21-22-23-24-25-26-27-28-29-30-31-32-33-34-35-36-37-38-39-40-41-42-43-44-45-46-47-48-49-50-51-52-53-54-60-55-61(66)68-58-63(56-64,57-65)59-69-62(60)67/h49-50,60,64-65H,2-48,51-59H2,1H3/b50-49+. The molecule has 1 aliphatic heterocycles. The summed E-state index contributed by atoms with van der Waals surface area (Å²) in [5.41, 5.74) is -1.13. The van der Waals surface area contributed by atoms with Gasteiger partial charge in [-0.15, -0.1) is 0 Å². The first-order chi connectivity index (χ1) is 34.1. The molecule has 0 aromatic rings. The number of aliphatic hydroxyl groups is 2. The summed E-state index contributed by atoms with van der Waals surface area (Å²) in [5.74, 6) is -1.45. The van der Waals surface area contributed by atoms with Gasteiger partial charge in [0.25, 0.3) is 0 Å². The quantitative estimate of drug-likeness (QED) is 0.0358. The molecule has 1 atom stereocenters. The van der Waals surface area contributed by atoms with E-state index in [0.29, 0.717) is 6.42 Å². The Morgan fingerprint density at radius 3 is 0.899 bits per heavy atom. The number of hydrogen-bond donors (Lipinski definition) is 2. The van der Waals surface area contributed by atoms with Gasteiger partial charge in [0.2, 0.25) is 0 Å². The van der Waals surface area contributed by atoms with Crippen LogP contribution in [-0.4, -0.2) is 48.6 Å². The van der Waals surface area contributed by atoms with Gasteiger partial charge in [0, 0.05) is 0 Å². The van der Waals surface area contributed by atoms with Crippen molar-refractivity contribution in [1.29, 1.82) is 0 Å². The number of ether oxygens (including phenoxy) is 2. The predicted octanol–water partition coefficient (Wildman–Crippen LogP) is 19.5. The predicted molar refractivity (Wildman–Crippen MR) is 297 cm³/mol. The molecule has 0 aliphatic carbocycles. The lowest BCUT2D eigenvalue weighted by Gasteiger charge is -2.27. The van der Waals surface area contributed by atoms with Crippen LogP contribution in [0.5, 0.6) is 0 Å². The van der Waals surface area contributed by atoms with Gasteiger partial charge >= 0.3 is 11.9 Å². The molecule has 69 heavy (non-hydrogen) atoms. The maximum Gasteiger partial charge on any atom is 0.309 e. The molecule has 0 spiro atoms. The Kier molecular flexibility index (Phi) is 50.3. The number of cyclic esters (lactones) is 2. The Hall–Kier alpha value is -1.40. The highest BCUT2D eigenvalue weighted by molar-refractivity contribution is 5.80. The van der Waals surface area contributed by atoms with Crippen LogP contribution in [-0.2, 0) is 19.1 Å². The highest BCUT2D eigenvalue weighted by atomic mass is 16.6. The molecule has 1 heterocycles. The normalized spacial score (nSPS) is 15.4. The van der Waals surface area contributed by atoms with Crippen molar-refractivity contribution in [3.05, 3.63) is 12.2 Å². The molecular weight excluding hydrogens is 853 g/mol. The van der Waals surface area contributed by atoms with Crippen LogP contribution < -0.4 is 0 Å². The van der Waals surface area contributed by atoms with Gasteiger partial charge in [-0.3, -0.25) is 9.59 Å². The van der Waals surface area contributed by atoms with E-state index in [4.69, 9.17) is 9.47 Å². The Morgan fingerprint density at radius 2 is 0.623 bits per heavy atom. The van der Waals surface area contributed by atoms with Crippen molar-refractivity contribution in [3.63, 3.8) is 0 Å². The van der Waals surface area contributed by atoms with E-state index < -0.39 is 36.5 Å². The number of unbranched alkanes of at least 4 members (excludes halogenated alkanes) is 48. The topological polar surface area (TPSA) is 93.1 Å². The van der Waals surface area contributed by atoms with Crippen molar-refractivity contribution >= 4 is 11.9 Å². The molecule has 0 saturated carbocycles. The Morgan fingerprint density at radius 1 is 0.377 bits per heavy atom. The molecule has 0 radical (unpaired) electrons. The largest absolute Gasteiger partial charge is 0.465 e. The Balaban J connectivity index is 1.69. The molecule has 408 valence electrons. The lowest BCUT2D eigenvalue weighted by Crippen LogP contribution is -2.40. The average Bonchev–Trinajstić information content (AvgIpc) is 3.41. The summed E-state index contributed by atoms with van der Waals surface area (Å²) in [4.78, 5) is 24.7. The van der Waals surface area contributed by atoms with Crippen LogP contribution in [0.4, 0.5) is 0 Å². The van der Waals surface area contributed by atoms with E-state index in [1.54, 1.807) is 0 Å². The van der Waals surface area contributed by atoms with Crippen molar-refractivity contribution < 1.29 is 29.3 Å². The van der Waals surface area contributed by atoms with Crippen LogP contribution in [0.25, 0.3) is 0 Å². The summed E-state index contributed by atoms with van der Waals surface area (Å²) in [7, 11) is 0. The second kappa shape index (κ2) is 52.9. The van der Waals surface area contributed by atoms with Crippen molar-refractivity contribution in [3.8, 4) is 0 Å². The lowest BCUT2D eigenvalue weighted by molar-refractivity contribution is -0.155. The molecule has 1 fully saturated rings. The summed E-state index contributed by atoms with van der Waals surface area (Å²) < 4.78 is 10.6. The number of carbonyl (C=O) groups is 2. The third-order valence-electron chi connectivity index (χ3n) is 15.5. The van der Waals surface area contributed by atoms with E-state index in [-0.39, 0.29) is 19.6 Å². The van der Waals surface area contributed by atoms with Crippen LogP contribution >= 0.6 is 0 Å². The van der Waals surface area contributed by atoms with E-state index in [2.05, 4.69) is 19.1 Å². The number of hydrogen-bond acceptors (Lipinski definition) is 6. The van der Waals surface area contributed by atoms with Gasteiger partial charge in [-0.1, -0.05) is 314 Å². The smallest absolute Gasteiger partial charge is 0.309 e. The van der Waals surface area contributed by atoms with E-state index in [0.717, 1.165) is 25.7 Å². The van der Waals surface area contributed by atoms with Crippen molar-refractivity contribution in [2.45, 2.75) is 341 Å². The lowest BCUT2D eigenvalue weighted by atomic mass is 9.92. The van der Waals surface area contributed by atoms with Crippen LogP contribution in [0.2, 0.25) is 0 Å². The van der Waals surface area contributed by atoms with Gasteiger partial charge in [0.05, 0.1) is 31.0 Å². The molecule has 2 N–H and O–H groups in total. The minimum atomic E-state index is -1.13. The summed E-state index contributed by atoms with van der Waals surface area (Å²) >= 11 is 0. The van der Waals surface area contributed by atoms with Gasteiger partial charge in [-0.2, -0.15) is 0 Å². The molecule has 1 aliphatic rings. The van der Waals surface area contributed by atoms with Crippen molar-refractivity contribution in [1.82, 2.24) is 0 Å². The summed E-state index contributed by atoms with van der Waals surface area (Å²) in [6.07, 6.45) is 75.8. The van der Waals surface area contributed by atoms with Crippen LogP contribution in [0.15, 0.2) is 12.2 Å². The maximum absolute atomic E-state index is 12.5. The van der Waals surface area contributed by atoms with Gasteiger partial charge in [-0.05, 0) is 32.1 Å². The second-order valence-electron chi connectivity index (χ2n) is 22.4. The monoisotopic (exact) mass is 973 g/mol. The molecule has 1 saturated heterocycles. The highest BCUT2D eigenvalue weighted by Crippen LogP contribution is 2.25. The highest BCUT2D eigenvalue weighted by Gasteiger charge is 2.36. The fourth-order valence-corrected chi connectivity index (χ4v) is 10.4. The third kappa shape index (κ3) is 45.0. The average molecular weight is 974 g/mol. The number of aliphatic hydroxyl groups excluding tert-OH is 2. The molecule has 6 heteroatoms. The molecule has 0 aromatic carbocycles. The van der Waals surface area contributed by atoms with Crippen LogP contribution in [0, 0.1) is 11.3 Å². The molecular formula is C63H120O6. The Bertz CT molecular complexity index is 1090. The molecule has 0 bridgehead atoms. The fraction of sp³-hybridized carbons (Fsp3) is 0.937. The zero-order valence-corrected chi connectivity index (χ0v) is 46.4. The minimum absolute atomic E-state index is 0.0125. The minimum Gasteiger partial charge on any atom is -0.465 e. The van der Waals surface area contributed by atoms with E-state index in [9.17, 15) is 19.8 Å². The summed E-state index contributed by atoms with van der Waals surface area (Å²) in [6.45, 7) is 1.18. The van der Waals surface area contributed by atoms with Crippen molar-refractivity contribution in [2.24, 2.45) is 11.3 Å². The zero-order valence-electron chi connectivity index (χ0n) is 46.4. The first kappa shape index (κ1) is 65.6. The molecule has 0 amide bonds. The summed E-state index contributed by atoms with van der Waals surface area (Å²) in [5, 5.41) is 19.2.